The van der Waals surface area contributed by atoms with Crippen molar-refractivity contribution < 1.29 is 14.4 Å². The second kappa shape index (κ2) is 4.89. The summed E-state index contributed by atoms with van der Waals surface area (Å²) in [4.78, 5) is 14.8. The SMILES string of the molecule is NC(CNC(=O)c1ccncc1F)=NO. The molecule has 1 rings (SSSR count). The summed E-state index contributed by atoms with van der Waals surface area (Å²) < 4.78 is 13.0. The molecular weight excluding hydrogens is 203 g/mol. The second-order valence-corrected chi connectivity index (χ2v) is 2.63. The normalized spacial score (nSPS) is 11.1. The van der Waals surface area contributed by atoms with Crippen LogP contribution < -0.4 is 11.1 Å². The molecule has 1 aromatic rings. The maximum Gasteiger partial charge on any atom is 0.254 e. The number of nitrogens with two attached hydrogens (primary N) is 1. The zero-order valence-corrected chi connectivity index (χ0v) is 7.64. The van der Waals surface area contributed by atoms with Gasteiger partial charge >= 0.3 is 0 Å². The highest BCUT2D eigenvalue weighted by atomic mass is 19.1. The van der Waals surface area contributed by atoms with Crippen molar-refractivity contribution in [1.29, 1.82) is 0 Å². The van der Waals surface area contributed by atoms with Gasteiger partial charge in [0.1, 0.15) is 0 Å². The Morgan fingerprint density at radius 2 is 2.47 bits per heavy atom. The smallest absolute Gasteiger partial charge is 0.254 e. The average molecular weight is 212 g/mol. The quantitative estimate of drug-likeness (QED) is 0.277. The average Bonchev–Trinajstić information content (AvgIpc) is 2.26. The number of nitrogens with one attached hydrogen (secondary N) is 1. The van der Waals surface area contributed by atoms with Crippen LogP contribution in [0.5, 0.6) is 0 Å². The third kappa shape index (κ3) is 2.90. The van der Waals surface area contributed by atoms with E-state index in [1.165, 1.54) is 12.3 Å². The van der Waals surface area contributed by atoms with Gasteiger partial charge in [-0.15, -0.1) is 0 Å². The van der Waals surface area contributed by atoms with Gasteiger partial charge in [-0.3, -0.25) is 9.78 Å². The van der Waals surface area contributed by atoms with Crippen molar-refractivity contribution in [2.75, 3.05) is 6.54 Å². The van der Waals surface area contributed by atoms with E-state index in [1.54, 1.807) is 0 Å². The van der Waals surface area contributed by atoms with E-state index < -0.39 is 11.7 Å². The number of nitrogens with zero attached hydrogens (tertiary/aromatic N) is 2. The Labute approximate surface area is 84.6 Å². The summed E-state index contributed by atoms with van der Waals surface area (Å²) in [6.45, 7) is -0.156. The van der Waals surface area contributed by atoms with Crippen molar-refractivity contribution in [3.8, 4) is 0 Å². The number of carbonyl (C=O) groups is 1. The van der Waals surface area contributed by atoms with Gasteiger partial charge in [0.2, 0.25) is 0 Å². The highest BCUT2D eigenvalue weighted by molar-refractivity contribution is 5.96. The van der Waals surface area contributed by atoms with Crippen LogP contribution in [0.4, 0.5) is 4.39 Å². The number of aromatic nitrogens is 1. The summed E-state index contributed by atoms with van der Waals surface area (Å²) in [7, 11) is 0. The molecule has 4 N–H and O–H groups in total. The van der Waals surface area contributed by atoms with E-state index in [2.05, 4.69) is 15.5 Å². The highest BCUT2D eigenvalue weighted by Crippen LogP contribution is 2.03. The number of amides is 1. The fraction of sp³-hybridized carbons (Fsp3) is 0.125. The molecule has 0 aliphatic carbocycles. The van der Waals surface area contributed by atoms with Crippen LogP contribution in [0.15, 0.2) is 23.6 Å². The third-order valence-electron chi connectivity index (χ3n) is 1.58. The minimum atomic E-state index is -0.727. The molecular formula is C8H9FN4O2. The monoisotopic (exact) mass is 212 g/mol. The molecule has 0 aromatic carbocycles. The first-order valence-electron chi connectivity index (χ1n) is 3.99. The predicted molar refractivity (Wildman–Crippen MR) is 49.9 cm³/mol. The molecule has 0 atom stereocenters. The molecule has 0 aliphatic rings. The molecule has 7 heteroatoms. The molecule has 80 valence electrons. The zero-order valence-electron chi connectivity index (χ0n) is 7.64. The summed E-state index contributed by atoms with van der Waals surface area (Å²) in [5.74, 6) is -1.55. The number of oxime groups is 1. The number of carbonyl (C=O) groups excluding carboxylic acids is 1. The lowest BCUT2D eigenvalue weighted by atomic mass is 10.2. The van der Waals surface area contributed by atoms with Gasteiger partial charge in [-0.1, -0.05) is 5.16 Å². The fourth-order valence-electron chi connectivity index (χ4n) is 0.861. The van der Waals surface area contributed by atoms with Gasteiger partial charge in [-0.05, 0) is 6.07 Å². The van der Waals surface area contributed by atoms with Crippen molar-refractivity contribution in [1.82, 2.24) is 10.3 Å². The first kappa shape index (κ1) is 10.9. The Balaban J connectivity index is 2.66. The maximum atomic E-state index is 13.0. The summed E-state index contributed by atoms with van der Waals surface area (Å²) in [5.41, 5.74) is 4.97. The van der Waals surface area contributed by atoms with E-state index in [4.69, 9.17) is 10.9 Å². The molecule has 0 saturated heterocycles. The second-order valence-electron chi connectivity index (χ2n) is 2.63. The molecule has 0 spiro atoms. The Morgan fingerprint density at radius 1 is 1.73 bits per heavy atom. The molecule has 6 nitrogen and oxygen atoms in total. The van der Waals surface area contributed by atoms with Crippen molar-refractivity contribution >= 4 is 11.7 Å². The van der Waals surface area contributed by atoms with E-state index in [-0.39, 0.29) is 17.9 Å². The zero-order chi connectivity index (χ0) is 11.3. The molecule has 0 bridgehead atoms. The van der Waals surface area contributed by atoms with Gasteiger partial charge in [-0.25, -0.2) is 4.39 Å². The van der Waals surface area contributed by atoms with Crippen molar-refractivity contribution in [2.45, 2.75) is 0 Å². The molecule has 1 heterocycles. The third-order valence-corrected chi connectivity index (χ3v) is 1.58. The Morgan fingerprint density at radius 3 is 3.07 bits per heavy atom. The van der Waals surface area contributed by atoms with E-state index in [0.717, 1.165) is 6.20 Å². The predicted octanol–water partition coefficient (Wildman–Crippen LogP) is -0.303. The fourth-order valence-corrected chi connectivity index (χ4v) is 0.861. The van der Waals surface area contributed by atoms with E-state index in [0.29, 0.717) is 0 Å². The lowest BCUT2D eigenvalue weighted by molar-refractivity contribution is 0.0955. The van der Waals surface area contributed by atoms with Gasteiger partial charge < -0.3 is 16.3 Å². The number of rotatable bonds is 3. The van der Waals surface area contributed by atoms with E-state index in [1.807, 2.05) is 0 Å². The molecule has 0 fully saturated rings. The molecule has 0 unspecified atom stereocenters. The summed E-state index contributed by atoms with van der Waals surface area (Å²) in [6.07, 6.45) is 2.22. The highest BCUT2D eigenvalue weighted by Gasteiger charge is 2.10. The first-order valence-corrected chi connectivity index (χ1v) is 3.99. The van der Waals surface area contributed by atoms with Crippen LogP contribution in [0.25, 0.3) is 0 Å². The topological polar surface area (TPSA) is 101 Å². The van der Waals surface area contributed by atoms with Crippen LogP contribution in [0.3, 0.4) is 0 Å². The van der Waals surface area contributed by atoms with Crippen LogP contribution in [-0.4, -0.2) is 28.5 Å². The van der Waals surface area contributed by atoms with Gasteiger partial charge in [0.05, 0.1) is 18.3 Å². The minimum absolute atomic E-state index is 0.143. The van der Waals surface area contributed by atoms with Gasteiger partial charge in [-0.2, -0.15) is 0 Å². The summed E-state index contributed by atoms with van der Waals surface area (Å²) >= 11 is 0. The number of amidine groups is 1. The van der Waals surface area contributed by atoms with Crippen molar-refractivity contribution in [3.63, 3.8) is 0 Å². The molecule has 15 heavy (non-hydrogen) atoms. The van der Waals surface area contributed by atoms with Crippen LogP contribution in [0.2, 0.25) is 0 Å². The number of hydrogen-bond donors (Lipinski definition) is 3. The number of halogens is 1. The van der Waals surface area contributed by atoms with Crippen molar-refractivity contribution in [3.05, 3.63) is 29.8 Å². The summed E-state index contributed by atoms with van der Waals surface area (Å²) in [5, 5.41) is 13.1. The molecule has 1 aromatic heterocycles. The van der Waals surface area contributed by atoms with Crippen LogP contribution in [0, 0.1) is 5.82 Å². The van der Waals surface area contributed by atoms with Gasteiger partial charge in [0.25, 0.3) is 5.91 Å². The molecule has 0 saturated carbocycles. The Bertz CT molecular complexity index is 394. The largest absolute Gasteiger partial charge is 0.409 e. The number of pyridine rings is 1. The number of hydrogen-bond acceptors (Lipinski definition) is 4. The molecule has 0 aliphatic heterocycles. The standard InChI is InChI=1S/C8H9FN4O2/c9-6-3-11-2-1-5(6)8(14)12-4-7(10)13-15/h1-3,15H,4H2,(H2,10,13)(H,12,14). The minimum Gasteiger partial charge on any atom is -0.409 e. The maximum absolute atomic E-state index is 13.0. The van der Waals surface area contributed by atoms with Crippen molar-refractivity contribution in [2.24, 2.45) is 10.9 Å². The van der Waals surface area contributed by atoms with Gasteiger partial charge in [0, 0.05) is 6.20 Å². The summed E-state index contributed by atoms with van der Waals surface area (Å²) in [6, 6.07) is 1.23. The van der Waals surface area contributed by atoms with Gasteiger partial charge in [0.15, 0.2) is 11.7 Å². The first-order chi connectivity index (χ1) is 7.15. The lowest BCUT2D eigenvalue weighted by Gasteiger charge is -2.03. The van der Waals surface area contributed by atoms with Crippen LogP contribution in [0.1, 0.15) is 10.4 Å². The Kier molecular flexibility index (Phi) is 3.55. The lowest BCUT2D eigenvalue weighted by Crippen LogP contribution is -2.34. The Hall–Kier alpha value is -2.18. The van der Waals surface area contributed by atoms with E-state index in [9.17, 15) is 9.18 Å². The molecule has 1 amide bonds. The van der Waals surface area contributed by atoms with Crippen LogP contribution in [-0.2, 0) is 0 Å². The molecule has 0 radical (unpaired) electrons. The van der Waals surface area contributed by atoms with Crippen LogP contribution >= 0.6 is 0 Å². The van der Waals surface area contributed by atoms with E-state index >= 15 is 0 Å².